The number of carbonyl (C=O) groups excluding carboxylic acids is 1. The second kappa shape index (κ2) is 6.75. The van der Waals surface area contributed by atoms with Gasteiger partial charge in [0.15, 0.2) is 0 Å². The predicted molar refractivity (Wildman–Crippen MR) is 93.1 cm³/mol. The molecule has 0 radical (unpaired) electrons. The molecule has 0 bridgehead atoms. The largest absolute Gasteiger partial charge is 0.354 e. The Morgan fingerprint density at radius 1 is 0.913 bits per heavy atom. The minimum absolute atomic E-state index is 0.0968. The monoisotopic (exact) mass is 303 g/mol. The number of amides is 1. The van der Waals surface area contributed by atoms with E-state index in [1.807, 2.05) is 66.7 Å². The van der Waals surface area contributed by atoms with Crippen LogP contribution >= 0.6 is 0 Å². The molecule has 0 fully saturated rings. The third kappa shape index (κ3) is 3.55. The van der Waals surface area contributed by atoms with Crippen molar-refractivity contribution in [2.45, 2.75) is 0 Å². The zero-order valence-electron chi connectivity index (χ0n) is 12.8. The van der Waals surface area contributed by atoms with Crippen molar-refractivity contribution >= 4 is 23.0 Å². The summed E-state index contributed by atoms with van der Waals surface area (Å²) in [5.41, 5.74) is 3.12. The number of pyridine rings is 1. The van der Waals surface area contributed by atoms with Gasteiger partial charge in [0.2, 0.25) is 0 Å². The molecular weight excluding hydrogens is 286 g/mol. The van der Waals surface area contributed by atoms with E-state index in [9.17, 15) is 4.79 Å². The molecule has 1 amide bonds. The van der Waals surface area contributed by atoms with Crippen molar-refractivity contribution in [1.29, 1.82) is 0 Å². The van der Waals surface area contributed by atoms with Crippen LogP contribution in [0.15, 0.2) is 79.1 Å². The molecular formula is C19H17N3O. The number of hydrogen-bond donors (Lipinski definition) is 1. The average molecular weight is 303 g/mol. The van der Waals surface area contributed by atoms with Crippen LogP contribution in [0.4, 0.5) is 17.1 Å². The third-order valence-corrected chi connectivity index (χ3v) is 3.50. The lowest BCUT2D eigenvalue weighted by Gasteiger charge is -2.17. The van der Waals surface area contributed by atoms with Crippen molar-refractivity contribution in [3.63, 3.8) is 0 Å². The van der Waals surface area contributed by atoms with Crippen molar-refractivity contribution < 1.29 is 4.79 Å². The first-order valence-corrected chi connectivity index (χ1v) is 7.34. The van der Waals surface area contributed by atoms with Gasteiger partial charge in [-0.1, -0.05) is 36.4 Å². The van der Waals surface area contributed by atoms with Gasteiger partial charge < -0.3 is 10.2 Å². The highest BCUT2D eigenvalue weighted by Crippen LogP contribution is 2.19. The molecule has 23 heavy (non-hydrogen) atoms. The van der Waals surface area contributed by atoms with Crippen LogP contribution in [0.5, 0.6) is 0 Å². The SMILES string of the molecule is CN(C(=O)c1cncc(Nc2ccccc2)c1)c1ccccc1. The summed E-state index contributed by atoms with van der Waals surface area (Å²) in [6.45, 7) is 0. The van der Waals surface area contributed by atoms with Gasteiger partial charge >= 0.3 is 0 Å². The summed E-state index contributed by atoms with van der Waals surface area (Å²) in [5.74, 6) is -0.0968. The molecule has 0 aliphatic rings. The maximum absolute atomic E-state index is 12.6. The number of hydrogen-bond acceptors (Lipinski definition) is 3. The van der Waals surface area contributed by atoms with E-state index in [1.54, 1.807) is 24.3 Å². The quantitative estimate of drug-likeness (QED) is 0.789. The molecule has 0 saturated heterocycles. The van der Waals surface area contributed by atoms with Crippen LogP contribution in [0.2, 0.25) is 0 Å². The third-order valence-electron chi connectivity index (χ3n) is 3.50. The molecule has 4 nitrogen and oxygen atoms in total. The second-order valence-electron chi connectivity index (χ2n) is 5.15. The molecule has 0 aliphatic carbocycles. The van der Waals surface area contributed by atoms with Gasteiger partial charge in [-0.2, -0.15) is 0 Å². The molecule has 1 aromatic heterocycles. The zero-order valence-corrected chi connectivity index (χ0v) is 12.8. The molecule has 0 spiro atoms. The highest BCUT2D eigenvalue weighted by atomic mass is 16.2. The van der Waals surface area contributed by atoms with Gasteiger partial charge in [-0.05, 0) is 30.3 Å². The molecule has 114 valence electrons. The van der Waals surface area contributed by atoms with Crippen molar-refractivity contribution in [1.82, 2.24) is 4.98 Å². The summed E-state index contributed by atoms with van der Waals surface area (Å²) in [5, 5.41) is 3.24. The Hall–Kier alpha value is -3.14. The molecule has 4 heteroatoms. The number of anilines is 3. The van der Waals surface area contributed by atoms with Crippen LogP contribution in [-0.2, 0) is 0 Å². The summed E-state index contributed by atoms with van der Waals surface area (Å²) in [6.07, 6.45) is 3.28. The fourth-order valence-electron chi connectivity index (χ4n) is 2.28. The minimum atomic E-state index is -0.0968. The zero-order chi connectivity index (χ0) is 16.1. The summed E-state index contributed by atoms with van der Waals surface area (Å²) in [7, 11) is 1.76. The number of nitrogens with zero attached hydrogens (tertiary/aromatic N) is 2. The van der Waals surface area contributed by atoms with Crippen LogP contribution < -0.4 is 10.2 Å². The molecule has 2 aromatic carbocycles. The van der Waals surface area contributed by atoms with Gasteiger partial charge in [0.25, 0.3) is 5.91 Å². The van der Waals surface area contributed by atoms with Crippen LogP contribution in [0.25, 0.3) is 0 Å². The Balaban J connectivity index is 1.80. The molecule has 0 atom stereocenters. The van der Waals surface area contributed by atoms with E-state index in [0.717, 1.165) is 17.1 Å². The van der Waals surface area contributed by atoms with Gasteiger partial charge in [-0.15, -0.1) is 0 Å². The normalized spacial score (nSPS) is 10.1. The van der Waals surface area contributed by atoms with Gasteiger partial charge in [-0.3, -0.25) is 9.78 Å². The van der Waals surface area contributed by atoms with Crippen molar-refractivity contribution in [3.05, 3.63) is 84.7 Å². The predicted octanol–water partition coefficient (Wildman–Crippen LogP) is 4.10. The van der Waals surface area contributed by atoms with Crippen LogP contribution in [0.3, 0.4) is 0 Å². The van der Waals surface area contributed by atoms with E-state index in [-0.39, 0.29) is 5.91 Å². The van der Waals surface area contributed by atoms with Gasteiger partial charge in [-0.25, -0.2) is 0 Å². The van der Waals surface area contributed by atoms with E-state index in [0.29, 0.717) is 5.56 Å². The Bertz CT molecular complexity index is 788. The highest BCUT2D eigenvalue weighted by molar-refractivity contribution is 6.06. The first-order valence-electron chi connectivity index (χ1n) is 7.34. The van der Waals surface area contributed by atoms with Gasteiger partial charge in [0.05, 0.1) is 17.4 Å². The van der Waals surface area contributed by atoms with E-state index in [1.165, 1.54) is 0 Å². The molecule has 0 unspecified atom stereocenters. The Morgan fingerprint density at radius 3 is 2.26 bits per heavy atom. The minimum Gasteiger partial charge on any atom is -0.354 e. The lowest BCUT2D eigenvalue weighted by atomic mass is 10.2. The number of carbonyl (C=O) groups is 1. The summed E-state index contributed by atoms with van der Waals surface area (Å²) in [6, 6.07) is 21.1. The number of nitrogens with one attached hydrogen (secondary N) is 1. The van der Waals surface area contributed by atoms with Crippen LogP contribution in [0.1, 0.15) is 10.4 Å². The van der Waals surface area contributed by atoms with Gasteiger partial charge in [0.1, 0.15) is 0 Å². The van der Waals surface area contributed by atoms with Crippen molar-refractivity contribution in [2.24, 2.45) is 0 Å². The molecule has 3 aromatic rings. The number of benzene rings is 2. The summed E-state index contributed by atoms with van der Waals surface area (Å²) < 4.78 is 0. The van der Waals surface area contributed by atoms with Crippen LogP contribution in [0, 0.1) is 0 Å². The van der Waals surface area contributed by atoms with E-state index in [4.69, 9.17) is 0 Å². The number of aromatic nitrogens is 1. The summed E-state index contributed by atoms with van der Waals surface area (Å²) in [4.78, 5) is 18.4. The molecule has 0 aliphatic heterocycles. The Morgan fingerprint density at radius 2 is 1.57 bits per heavy atom. The topological polar surface area (TPSA) is 45.2 Å². The fourth-order valence-corrected chi connectivity index (χ4v) is 2.28. The van der Waals surface area contributed by atoms with E-state index < -0.39 is 0 Å². The Labute approximate surface area is 135 Å². The maximum atomic E-state index is 12.6. The molecule has 3 rings (SSSR count). The maximum Gasteiger partial charge on any atom is 0.259 e. The average Bonchev–Trinajstić information content (AvgIpc) is 2.62. The number of rotatable bonds is 4. The molecule has 1 heterocycles. The lowest BCUT2D eigenvalue weighted by Crippen LogP contribution is -2.26. The molecule has 0 saturated carbocycles. The first-order chi connectivity index (χ1) is 11.2. The van der Waals surface area contributed by atoms with Gasteiger partial charge in [0, 0.05) is 24.6 Å². The van der Waals surface area contributed by atoms with Crippen molar-refractivity contribution in [2.75, 3.05) is 17.3 Å². The van der Waals surface area contributed by atoms with E-state index in [2.05, 4.69) is 10.3 Å². The van der Waals surface area contributed by atoms with Crippen molar-refractivity contribution in [3.8, 4) is 0 Å². The Kier molecular flexibility index (Phi) is 4.34. The smallest absolute Gasteiger partial charge is 0.259 e. The van der Waals surface area contributed by atoms with Crippen LogP contribution in [-0.4, -0.2) is 17.9 Å². The number of para-hydroxylation sites is 2. The fraction of sp³-hybridized carbons (Fsp3) is 0.0526. The molecule has 1 N–H and O–H groups in total. The lowest BCUT2D eigenvalue weighted by molar-refractivity contribution is 0.0992. The standard InChI is InChI=1S/C19H17N3O/c1-22(18-10-6-3-7-11-18)19(23)15-12-17(14-20-13-15)21-16-8-4-2-5-9-16/h2-14,21H,1H3. The second-order valence-corrected chi connectivity index (χ2v) is 5.15. The first kappa shape index (κ1) is 14.8. The van der Waals surface area contributed by atoms with E-state index >= 15 is 0 Å². The highest BCUT2D eigenvalue weighted by Gasteiger charge is 2.14. The summed E-state index contributed by atoms with van der Waals surface area (Å²) >= 11 is 0.